The Morgan fingerprint density at radius 2 is 1.95 bits per heavy atom. The molecular formula is C14H19NO2SY. The van der Waals surface area contributed by atoms with E-state index >= 15 is 0 Å². The van der Waals surface area contributed by atoms with Crippen LogP contribution in [0.15, 0.2) is 11.0 Å². The molecule has 0 aliphatic heterocycles. The van der Waals surface area contributed by atoms with Gasteiger partial charge in [0.1, 0.15) is 0 Å². The number of rotatable bonds is 1. The molecule has 3 rings (SSSR count). The average molecular weight is 354 g/mol. The smallest absolute Gasteiger partial charge is 0.188 e. The number of aryl methyl sites for hydroxylation is 2. The van der Waals surface area contributed by atoms with Crippen LogP contribution in [0.3, 0.4) is 0 Å². The predicted molar refractivity (Wildman–Crippen MR) is 71.6 cm³/mol. The zero-order valence-corrected chi connectivity index (χ0v) is 14.9. The van der Waals surface area contributed by atoms with Gasteiger partial charge in [0.05, 0.1) is 4.90 Å². The third-order valence-corrected chi connectivity index (χ3v) is 5.48. The van der Waals surface area contributed by atoms with Gasteiger partial charge in [-0.3, -0.25) is 4.55 Å². The molecule has 1 aromatic carbocycles. The van der Waals surface area contributed by atoms with Crippen LogP contribution >= 0.6 is 0 Å². The third kappa shape index (κ3) is 2.69. The van der Waals surface area contributed by atoms with Crippen molar-refractivity contribution in [1.82, 2.24) is 0 Å². The first kappa shape index (κ1) is 15.6. The Bertz CT molecular complexity index is 608. The third-order valence-electron chi connectivity index (χ3n) is 4.36. The molecular weight excluding hydrogens is 335 g/mol. The Morgan fingerprint density at radius 3 is 2.58 bits per heavy atom. The molecule has 2 atom stereocenters. The quantitative estimate of drug-likeness (QED) is 0.809. The molecule has 2 aliphatic carbocycles. The molecule has 0 fully saturated rings. The summed E-state index contributed by atoms with van der Waals surface area (Å²) in [4.78, 5) is 0.410. The summed E-state index contributed by atoms with van der Waals surface area (Å²) < 4.78 is 29.1. The van der Waals surface area contributed by atoms with Crippen LogP contribution in [0.4, 0.5) is 0 Å². The molecule has 0 saturated carbocycles. The molecule has 0 saturated heterocycles. The summed E-state index contributed by atoms with van der Waals surface area (Å²) in [5, 5.41) is 0. The molecule has 101 valence electrons. The minimum atomic E-state index is -3.60. The molecule has 1 radical (unpaired) electrons. The number of hydrogen-bond donors (Lipinski definition) is 2. The molecule has 0 amide bonds. The SMILES string of the molecule is Cc1cc2c3c(c1S(=N)(=O)O)CCCC3CCC2.[Y]. The molecule has 2 unspecified atom stereocenters. The van der Waals surface area contributed by atoms with E-state index in [1.165, 1.54) is 30.4 Å². The standard InChI is InChI=1S/C14H19NO2S.Y/c1-9-8-11-6-2-4-10-5-3-7-12(13(10)11)14(9)18(15,16)17;/h8,10H,2-7H2,1H3,(H2,15,16,17);. The summed E-state index contributed by atoms with van der Waals surface area (Å²) in [6.07, 6.45) is 6.67. The Hall–Kier alpha value is 0.234. The summed E-state index contributed by atoms with van der Waals surface area (Å²) in [5.41, 5.74) is 4.55. The minimum absolute atomic E-state index is 0. The van der Waals surface area contributed by atoms with E-state index in [-0.39, 0.29) is 32.7 Å². The van der Waals surface area contributed by atoms with Gasteiger partial charge in [-0.1, -0.05) is 6.07 Å². The fourth-order valence-electron chi connectivity index (χ4n) is 3.80. The van der Waals surface area contributed by atoms with Gasteiger partial charge in [-0.15, -0.1) is 0 Å². The average Bonchev–Trinajstić information content (AvgIpc) is 2.27. The summed E-state index contributed by atoms with van der Waals surface area (Å²) >= 11 is 0. The Labute approximate surface area is 140 Å². The molecule has 0 spiro atoms. The zero-order chi connectivity index (χ0) is 12.9. The minimum Gasteiger partial charge on any atom is -0.297 e. The Kier molecular flexibility index (Phi) is 4.56. The maximum absolute atomic E-state index is 11.8. The Morgan fingerprint density at radius 1 is 1.32 bits per heavy atom. The fourth-order valence-corrected chi connectivity index (χ4v) is 4.85. The second kappa shape index (κ2) is 5.55. The van der Waals surface area contributed by atoms with Gasteiger partial charge < -0.3 is 0 Å². The summed E-state index contributed by atoms with van der Waals surface area (Å²) in [5.74, 6) is 0.568. The second-order valence-corrected chi connectivity index (χ2v) is 7.04. The van der Waals surface area contributed by atoms with E-state index < -0.39 is 10.0 Å². The first-order valence-corrected chi connectivity index (χ1v) is 8.16. The summed E-state index contributed by atoms with van der Waals surface area (Å²) in [6.45, 7) is 1.87. The first-order valence-electron chi connectivity index (χ1n) is 6.65. The van der Waals surface area contributed by atoms with E-state index in [1.807, 2.05) is 6.92 Å². The van der Waals surface area contributed by atoms with Gasteiger partial charge in [-0.25, -0.2) is 8.99 Å². The van der Waals surface area contributed by atoms with E-state index in [0.717, 1.165) is 30.4 Å². The molecule has 3 nitrogen and oxygen atoms in total. The number of hydrogen-bond acceptors (Lipinski definition) is 2. The van der Waals surface area contributed by atoms with Crippen molar-refractivity contribution in [2.75, 3.05) is 0 Å². The van der Waals surface area contributed by atoms with Crippen molar-refractivity contribution in [2.45, 2.75) is 56.3 Å². The van der Waals surface area contributed by atoms with Crippen molar-refractivity contribution >= 4 is 10.0 Å². The molecule has 2 N–H and O–H groups in total. The van der Waals surface area contributed by atoms with E-state index in [1.54, 1.807) is 0 Å². The maximum Gasteiger partial charge on any atom is 0.188 e. The normalized spacial score (nSPS) is 24.0. The van der Waals surface area contributed by atoms with Gasteiger partial charge in [0, 0.05) is 32.7 Å². The van der Waals surface area contributed by atoms with Crippen LogP contribution < -0.4 is 0 Å². The van der Waals surface area contributed by atoms with Gasteiger partial charge in [-0.05, 0) is 73.6 Å². The first-order chi connectivity index (χ1) is 8.48. The van der Waals surface area contributed by atoms with Crippen molar-refractivity contribution in [3.05, 3.63) is 28.3 Å². The predicted octanol–water partition coefficient (Wildman–Crippen LogP) is 3.63. The van der Waals surface area contributed by atoms with Crippen molar-refractivity contribution < 1.29 is 41.5 Å². The van der Waals surface area contributed by atoms with Crippen LogP contribution in [-0.2, 0) is 55.6 Å². The van der Waals surface area contributed by atoms with Crippen molar-refractivity contribution in [1.29, 1.82) is 4.78 Å². The van der Waals surface area contributed by atoms with Crippen LogP contribution in [-0.4, -0.2) is 8.76 Å². The summed E-state index contributed by atoms with van der Waals surface area (Å²) in [7, 11) is -3.60. The monoisotopic (exact) mass is 354 g/mol. The number of nitrogens with one attached hydrogen (secondary N) is 1. The molecule has 19 heavy (non-hydrogen) atoms. The van der Waals surface area contributed by atoms with Crippen LogP contribution in [0, 0.1) is 11.7 Å². The topological polar surface area (TPSA) is 61.2 Å². The van der Waals surface area contributed by atoms with Crippen LogP contribution in [0.2, 0.25) is 0 Å². The van der Waals surface area contributed by atoms with Gasteiger partial charge in [0.25, 0.3) is 0 Å². The van der Waals surface area contributed by atoms with Crippen LogP contribution in [0.5, 0.6) is 0 Å². The number of benzene rings is 1. The second-order valence-electron chi connectivity index (χ2n) is 5.58. The van der Waals surface area contributed by atoms with Crippen molar-refractivity contribution in [3.8, 4) is 0 Å². The van der Waals surface area contributed by atoms with E-state index in [2.05, 4.69) is 6.07 Å². The molecule has 0 bridgehead atoms. The molecule has 2 aliphatic rings. The van der Waals surface area contributed by atoms with Gasteiger partial charge in [0.2, 0.25) is 0 Å². The summed E-state index contributed by atoms with van der Waals surface area (Å²) in [6, 6.07) is 2.05. The van der Waals surface area contributed by atoms with E-state index in [4.69, 9.17) is 4.78 Å². The molecule has 1 aromatic rings. The molecule has 0 aromatic heterocycles. The molecule has 0 heterocycles. The van der Waals surface area contributed by atoms with E-state index in [9.17, 15) is 8.76 Å². The van der Waals surface area contributed by atoms with Gasteiger partial charge in [0.15, 0.2) is 10.0 Å². The zero-order valence-electron chi connectivity index (χ0n) is 11.2. The van der Waals surface area contributed by atoms with Gasteiger partial charge >= 0.3 is 0 Å². The van der Waals surface area contributed by atoms with Crippen LogP contribution in [0.25, 0.3) is 0 Å². The van der Waals surface area contributed by atoms with Crippen molar-refractivity contribution in [2.24, 2.45) is 0 Å². The van der Waals surface area contributed by atoms with Crippen LogP contribution in [0.1, 0.15) is 53.9 Å². The largest absolute Gasteiger partial charge is 0.297 e. The van der Waals surface area contributed by atoms with Gasteiger partial charge in [-0.2, -0.15) is 0 Å². The van der Waals surface area contributed by atoms with E-state index in [0.29, 0.717) is 10.8 Å². The Balaban J connectivity index is 0.00000133. The van der Waals surface area contributed by atoms with Crippen molar-refractivity contribution in [3.63, 3.8) is 0 Å². The maximum atomic E-state index is 11.8. The fraction of sp³-hybridized carbons (Fsp3) is 0.571. The molecule has 5 heteroatoms.